The van der Waals surface area contributed by atoms with E-state index in [1.54, 1.807) is 29.0 Å². The van der Waals surface area contributed by atoms with E-state index < -0.39 is 10.0 Å². The number of sulfonamides is 1. The Morgan fingerprint density at radius 2 is 1.81 bits per heavy atom. The van der Waals surface area contributed by atoms with E-state index in [-0.39, 0.29) is 0 Å². The maximum atomic E-state index is 11.8. The van der Waals surface area contributed by atoms with Gasteiger partial charge in [0, 0.05) is 11.1 Å². The summed E-state index contributed by atoms with van der Waals surface area (Å²) in [5.41, 5.74) is 1.68. The summed E-state index contributed by atoms with van der Waals surface area (Å²) >= 11 is 1.36. The van der Waals surface area contributed by atoms with Gasteiger partial charge in [-0.2, -0.15) is 11.3 Å². The summed E-state index contributed by atoms with van der Waals surface area (Å²) in [4.78, 5) is 0.304. The number of hydrogen-bond donors (Lipinski definition) is 1. The Labute approximate surface area is 98.8 Å². The molecule has 1 aromatic carbocycles. The maximum Gasteiger partial charge on any atom is 0.262 e. The van der Waals surface area contributed by atoms with Gasteiger partial charge in [-0.15, -0.1) is 0 Å². The number of hydrogen-bond acceptors (Lipinski definition) is 3. The van der Waals surface area contributed by atoms with E-state index in [0.717, 1.165) is 5.56 Å². The molecule has 3 nitrogen and oxygen atoms in total. The Morgan fingerprint density at radius 1 is 1.12 bits per heavy atom. The van der Waals surface area contributed by atoms with Crippen LogP contribution in [-0.2, 0) is 10.0 Å². The molecule has 2 aromatic rings. The molecule has 0 spiro atoms. The van der Waals surface area contributed by atoms with Crippen LogP contribution in [0.25, 0.3) is 0 Å². The average molecular weight is 253 g/mol. The fraction of sp³-hybridized carbons (Fsp3) is 0.0909. The van der Waals surface area contributed by atoms with Gasteiger partial charge in [0.1, 0.15) is 0 Å². The lowest BCUT2D eigenvalue weighted by molar-refractivity contribution is 0.601. The van der Waals surface area contributed by atoms with Crippen molar-refractivity contribution < 1.29 is 8.42 Å². The summed E-state index contributed by atoms with van der Waals surface area (Å²) in [7, 11) is -3.42. The summed E-state index contributed by atoms with van der Waals surface area (Å²) in [6.45, 7) is 1.96. The van der Waals surface area contributed by atoms with Crippen LogP contribution < -0.4 is 4.72 Å². The van der Waals surface area contributed by atoms with Crippen molar-refractivity contribution in [3.63, 3.8) is 0 Å². The second-order valence-corrected chi connectivity index (χ2v) is 5.89. The Balaban J connectivity index is 2.25. The number of rotatable bonds is 3. The van der Waals surface area contributed by atoms with E-state index in [2.05, 4.69) is 4.72 Å². The predicted octanol–water partition coefficient (Wildman–Crippen LogP) is 2.86. The summed E-state index contributed by atoms with van der Waals surface area (Å²) < 4.78 is 26.2. The molecule has 0 fully saturated rings. The Morgan fingerprint density at radius 3 is 2.38 bits per heavy atom. The first kappa shape index (κ1) is 11.2. The molecule has 0 radical (unpaired) electrons. The standard InChI is InChI=1S/C11H11NO2S2/c1-9-2-4-10(5-3-9)12-16(13,14)11-6-7-15-8-11/h2-8,12H,1H3. The minimum Gasteiger partial charge on any atom is -0.280 e. The van der Waals surface area contributed by atoms with Crippen molar-refractivity contribution in [3.05, 3.63) is 46.7 Å². The van der Waals surface area contributed by atoms with Crippen molar-refractivity contribution in [3.8, 4) is 0 Å². The van der Waals surface area contributed by atoms with E-state index >= 15 is 0 Å². The molecule has 1 aromatic heterocycles. The molecule has 0 aliphatic rings. The van der Waals surface area contributed by atoms with Crippen LogP contribution >= 0.6 is 11.3 Å². The third kappa shape index (κ3) is 2.43. The second-order valence-electron chi connectivity index (χ2n) is 3.43. The highest BCUT2D eigenvalue weighted by Gasteiger charge is 2.13. The van der Waals surface area contributed by atoms with Crippen molar-refractivity contribution in [2.24, 2.45) is 0 Å². The SMILES string of the molecule is Cc1ccc(NS(=O)(=O)c2ccsc2)cc1. The van der Waals surface area contributed by atoms with Crippen molar-refractivity contribution in [1.82, 2.24) is 0 Å². The van der Waals surface area contributed by atoms with Crippen LogP contribution in [0.3, 0.4) is 0 Å². The molecule has 0 unspecified atom stereocenters. The zero-order valence-electron chi connectivity index (χ0n) is 8.67. The van der Waals surface area contributed by atoms with Gasteiger partial charge in [0.15, 0.2) is 0 Å². The quantitative estimate of drug-likeness (QED) is 0.914. The van der Waals surface area contributed by atoms with Crippen molar-refractivity contribution in [2.75, 3.05) is 4.72 Å². The highest BCUT2D eigenvalue weighted by Crippen LogP contribution is 2.18. The number of nitrogens with one attached hydrogen (secondary N) is 1. The van der Waals surface area contributed by atoms with E-state index in [1.807, 2.05) is 19.1 Å². The highest BCUT2D eigenvalue weighted by molar-refractivity contribution is 7.92. The first-order valence-corrected chi connectivity index (χ1v) is 7.12. The molecule has 0 saturated carbocycles. The van der Waals surface area contributed by atoms with Gasteiger partial charge in [-0.05, 0) is 30.5 Å². The highest BCUT2D eigenvalue weighted by atomic mass is 32.2. The van der Waals surface area contributed by atoms with Gasteiger partial charge in [0.25, 0.3) is 10.0 Å². The second kappa shape index (κ2) is 4.27. The topological polar surface area (TPSA) is 46.2 Å². The molecule has 1 N–H and O–H groups in total. The Hall–Kier alpha value is -1.33. The van der Waals surface area contributed by atoms with Gasteiger partial charge in [-0.1, -0.05) is 17.7 Å². The molecular formula is C11H11NO2S2. The Bertz CT molecular complexity index is 557. The molecule has 0 amide bonds. The largest absolute Gasteiger partial charge is 0.280 e. The van der Waals surface area contributed by atoms with Gasteiger partial charge in [-0.3, -0.25) is 4.72 Å². The molecule has 2 rings (SSSR count). The number of thiophene rings is 1. The van der Waals surface area contributed by atoms with Crippen molar-refractivity contribution in [2.45, 2.75) is 11.8 Å². The van der Waals surface area contributed by atoms with Crippen molar-refractivity contribution >= 4 is 27.0 Å². The van der Waals surface area contributed by atoms with Crippen LogP contribution in [-0.4, -0.2) is 8.42 Å². The van der Waals surface area contributed by atoms with Crippen LogP contribution in [0, 0.1) is 6.92 Å². The smallest absolute Gasteiger partial charge is 0.262 e. The lowest BCUT2D eigenvalue weighted by Gasteiger charge is -2.06. The third-order valence-electron chi connectivity index (χ3n) is 2.11. The van der Waals surface area contributed by atoms with E-state index in [0.29, 0.717) is 10.6 Å². The molecule has 0 aliphatic heterocycles. The van der Waals surface area contributed by atoms with Crippen LogP contribution in [0.5, 0.6) is 0 Å². The summed E-state index contributed by atoms with van der Waals surface area (Å²) in [6.07, 6.45) is 0. The maximum absolute atomic E-state index is 11.8. The molecule has 0 bridgehead atoms. The number of anilines is 1. The number of benzene rings is 1. The lowest BCUT2D eigenvalue weighted by atomic mass is 10.2. The van der Waals surface area contributed by atoms with Crippen LogP contribution in [0.4, 0.5) is 5.69 Å². The fourth-order valence-electron chi connectivity index (χ4n) is 1.24. The predicted molar refractivity (Wildman–Crippen MR) is 66.3 cm³/mol. The van der Waals surface area contributed by atoms with E-state index in [9.17, 15) is 8.42 Å². The van der Waals surface area contributed by atoms with E-state index in [1.165, 1.54) is 11.3 Å². The minimum absolute atomic E-state index is 0.304. The fourth-order valence-corrected chi connectivity index (χ4v) is 3.33. The van der Waals surface area contributed by atoms with Gasteiger partial charge >= 0.3 is 0 Å². The normalized spacial score (nSPS) is 11.3. The molecule has 1 heterocycles. The summed E-state index contributed by atoms with van der Waals surface area (Å²) in [5.74, 6) is 0. The molecule has 0 saturated heterocycles. The van der Waals surface area contributed by atoms with Gasteiger partial charge in [0.2, 0.25) is 0 Å². The van der Waals surface area contributed by atoms with Gasteiger partial charge in [-0.25, -0.2) is 8.42 Å². The molecule has 5 heteroatoms. The first-order valence-electron chi connectivity index (χ1n) is 4.70. The Kier molecular flexibility index (Phi) is 2.98. The molecule has 0 atom stereocenters. The minimum atomic E-state index is -3.42. The molecule has 16 heavy (non-hydrogen) atoms. The summed E-state index contributed by atoms with van der Waals surface area (Å²) in [6, 6.07) is 8.82. The van der Waals surface area contributed by atoms with E-state index in [4.69, 9.17) is 0 Å². The van der Waals surface area contributed by atoms with Gasteiger partial charge in [0.05, 0.1) is 4.90 Å². The van der Waals surface area contributed by atoms with Crippen LogP contribution in [0.1, 0.15) is 5.56 Å². The number of aryl methyl sites for hydroxylation is 1. The first-order chi connectivity index (χ1) is 7.58. The van der Waals surface area contributed by atoms with Crippen LogP contribution in [0.2, 0.25) is 0 Å². The summed E-state index contributed by atoms with van der Waals surface area (Å²) in [5, 5.41) is 3.35. The van der Waals surface area contributed by atoms with Crippen LogP contribution in [0.15, 0.2) is 46.0 Å². The van der Waals surface area contributed by atoms with Crippen molar-refractivity contribution in [1.29, 1.82) is 0 Å². The monoisotopic (exact) mass is 253 g/mol. The zero-order valence-corrected chi connectivity index (χ0v) is 10.3. The molecule has 0 aliphatic carbocycles. The molecule has 84 valence electrons. The zero-order chi connectivity index (χ0) is 11.6. The lowest BCUT2D eigenvalue weighted by Crippen LogP contribution is -2.11. The average Bonchev–Trinajstić information content (AvgIpc) is 2.75. The third-order valence-corrected chi connectivity index (χ3v) is 4.32. The van der Waals surface area contributed by atoms with Gasteiger partial charge < -0.3 is 0 Å². The molecular weight excluding hydrogens is 242 g/mol.